The van der Waals surface area contributed by atoms with Gasteiger partial charge in [-0.05, 0) is 51.2 Å². The average Bonchev–Trinajstić information content (AvgIpc) is 3.07. The number of hydrogen-bond acceptors (Lipinski definition) is 8. The number of halogens is 1. The second kappa shape index (κ2) is 9.17. The zero-order valence-electron chi connectivity index (χ0n) is 20.2. The van der Waals surface area contributed by atoms with Crippen LogP contribution < -0.4 is 20.9 Å². The Labute approximate surface area is 199 Å². The Balaban J connectivity index is 1.46. The summed E-state index contributed by atoms with van der Waals surface area (Å²) in [6.07, 6.45) is 5.01. The summed E-state index contributed by atoms with van der Waals surface area (Å²) in [5, 5.41) is 14.6. The Kier molecular flexibility index (Phi) is 6.07. The number of aryl methyl sites for hydroxylation is 3. The molecule has 1 atom stereocenters. The lowest BCUT2D eigenvalue weighted by Gasteiger charge is -2.34. The molecule has 34 heavy (non-hydrogen) atoms. The van der Waals surface area contributed by atoms with Gasteiger partial charge in [-0.1, -0.05) is 6.42 Å². The molecule has 3 aromatic rings. The molecule has 9 nitrogen and oxygen atoms in total. The Morgan fingerprint density at radius 2 is 1.94 bits per heavy atom. The molecule has 1 aliphatic carbocycles. The standard InChI is InChI=1S/C24H32FN9/c1-14-13-34(9-8-26-14)19-12-27-24(31-23(19)29-21-10-15(2)33(4)32-21)30-20-11-18(17-6-5-7-17)22(25)16(3)28-20/h10-12,14,17,26H,5-9,13H2,1-4H3,(H2,27,28,29,30,31,32). The smallest absolute Gasteiger partial charge is 0.230 e. The molecule has 10 heteroatoms. The van der Waals surface area contributed by atoms with Gasteiger partial charge in [-0.3, -0.25) is 4.68 Å². The highest BCUT2D eigenvalue weighted by Crippen LogP contribution is 2.39. The number of aromatic nitrogens is 5. The molecule has 0 aromatic carbocycles. The summed E-state index contributed by atoms with van der Waals surface area (Å²) in [4.78, 5) is 16.0. The number of rotatable bonds is 6. The van der Waals surface area contributed by atoms with Crippen molar-refractivity contribution in [1.29, 1.82) is 0 Å². The molecule has 0 bridgehead atoms. The molecular formula is C24H32FN9. The molecule has 4 heterocycles. The zero-order chi connectivity index (χ0) is 23.8. The van der Waals surface area contributed by atoms with Crippen LogP contribution in [0.1, 0.15) is 49.1 Å². The first-order valence-electron chi connectivity index (χ1n) is 11.9. The Morgan fingerprint density at radius 3 is 2.62 bits per heavy atom. The van der Waals surface area contributed by atoms with Crippen molar-refractivity contribution < 1.29 is 4.39 Å². The summed E-state index contributed by atoms with van der Waals surface area (Å²) < 4.78 is 16.5. The molecule has 0 radical (unpaired) electrons. The van der Waals surface area contributed by atoms with Crippen LogP contribution in [0.5, 0.6) is 0 Å². The van der Waals surface area contributed by atoms with E-state index in [9.17, 15) is 4.39 Å². The van der Waals surface area contributed by atoms with E-state index in [2.05, 4.69) is 42.8 Å². The fourth-order valence-electron chi connectivity index (χ4n) is 4.53. The predicted molar refractivity (Wildman–Crippen MR) is 132 cm³/mol. The first kappa shape index (κ1) is 22.5. The molecule has 0 spiro atoms. The van der Waals surface area contributed by atoms with Gasteiger partial charge in [-0.2, -0.15) is 10.1 Å². The van der Waals surface area contributed by atoms with Crippen LogP contribution in [0, 0.1) is 19.7 Å². The van der Waals surface area contributed by atoms with E-state index in [-0.39, 0.29) is 11.7 Å². The van der Waals surface area contributed by atoms with E-state index in [1.165, 1.54) is 0 Å². The quantitative estimate of drug-likeness (QED) is 0.504. The minimum absolute atomic E-state index is 0.202. The Morgan fingerprint density at radius 1 is 1.12 bits per heavy atom. The van der Waals surface area contributed by atoms with Gasteiger partial charge in [0.05, 0.1) is 17.6 Å². The van der Waals surface area contributed by atoms with Crippen molar-refractivity contribution in [2.24, 2.45) is 7.05 Å². The third-order valence-electron chi connectivity index (χ3n) is 6.78. The van der Waals surface area contributed by atoms with Crippen molar-refractivity contribution in [3.8, 4) is 0 Å². The van der Waals surface area contributed by atoms with E-state index in [1.807, 2.05) is 30.9 Å². The second-order valence-corrected chi connectivity index (χ2v) is 9.40. The maximum atomic E-state index is 14.7. The van der Waals surface area contributed by atoms with Crippen molar-refractivity contribution in [3.05, 3.63) is 41.1 Å². The van der Waals surface area contributed by atoms with Crippen LogP contribution in [0.3, 0.4) is 0 Å². The molecule has 1 aliphatic heterocycles. The summed E-state index contributed by atoms with van der Waals surface area (Å²) in [6.45, 7) is 8.49. The highest BCUT2D eigenvalue weighted by molar-refractivity contribution is 5.72. The van der Waals surface area contributed by atoms with Crippen molar-refractivity contribution in [2.75, 3.05) is 35.2 Å². The number of hydrogen-bond donors (Lipinski definition) is 3. The molecule has 0 amide bonds. The second-order valence-electron chi connectivity index (χ2n) is 9.40. The fourth-order valence-corrected chi connectivity index (χ4v) is 4.53. The summed E-state index contributed by atoms with van der Waals surface area (Å²) in [5.74, 6) is 2.42. The van der Waals surface area contributed by atoms with E-state index in [4.69, 9.17) is 4.98 Å². The maximum Gasteiger partial charge on any atom is 0.230 e. The topological polar surface area (TPSA) is 95.8 Å². The zero-order valence-corrected chi connectivity index (χ0v) is 20.2. The first-order chi connectivity index (χ1) is 16.4. The van der Waals surface area contributed by atoms with Crippen LogP contribution in [0.15, 0.2) is 18.3 Å². The van der Waals surface area contributed by atoms with Gasteiger partial charge in [0.1, 0.15) is 11.6 Å². The molecule has 3 aromatic heterocycles. The van der Waals surface area contributed by atoms with Gasteiger partial charge >= 0.3 is 0 Å². The lowest BCUT2D eigenvalue weighted by atomic mass is 9.80. The van der Waals surface area contributed by atoms with Crippen LogP contribution in [0.4, 0.5) is 33.5 Å². The summed E-state index contributed by atoms with van der Waals surface area (Å²) >= 11 is 0. The van der Waals surface area contributed by atoms with Gasteiger partial charge in [0, 0.05) is 44.5 Å². The highest BCUT2D eigenvalue weighted by atomic mass is 19.1. The predicted octanol–water partition coefficient (Wildman–Crippen LogP) is 3.91. The van der Waals surface area contributed by atoms with Gasteiger partial charge in [0.2, 0.25) is 5.95 Å². The van der Waals surface area contributed by atoms with Crippen LogP contribution in [-0.2, 0) is 7.05 Å². The van der Waals surface area contributed by atoms with Crippen molar-refractivity contribution in [1.82, 2.24) is 30.0 Å². The molecule has 2 fully saturated rings. The van der Waals surface area contributed by atoms with E-state index in [0.29, 0.717) is 29.3 Å². The molecule has 180 valence electrons. The number of nitrogens with zero attached hydrogens (tertiary/aromatic N) is 6. The first-order valence-corrected chi connectivity index (χ1v) is 11.9. The molecule has 5 rings (SSSR count). The molecule has 2 aliphatic rings. The normalized spacial score (nSPS) is 18.6. The SMILES string of the molecule is Cc1nc(Nc2ncc(N3CCNC(C)C3)c(Nc3cc(C)n(C)n3)n2)cc(C2CCC2)c1F. The molecule has 1 saturated heterocycles. The van der Waals surface area contributed by atoms with E-state index in [0.717, 1.165) is 61.7 Å². The Hall–Kier alpha value is -3.27. The minimum Gasteiger partial charge on any atom is -0.364 e. The number of pyridine rings is 1. The van der Waals surface area contributed by atoms with Gasteiger partial charge in [0.15, 0.2) is 11.6 Å². The third kappa shape index (κ3) is 4.54. The van der Waals surface area contributed by atoms with Crippen LogP contribution in [0.2, 0.25) is 0 Å². The Bertz CT molecular complexity index is 1170. The summed E-state index contributed by atoms with van der Waals surface area (Å²) in [6, 6.07) is 4.15. The van der Waals surface area contributed by atoms with E-state index < -0.39 is 0 Å². The monoisotopic (exact) mass is 465 g/mol. The molecule has 1 unspecified atom stereocenters. The van der Waals surface area contributed by atoms with Crippen molar-refractivity contribution in [2.45, 2.75) is 52.0 Å². The van der Waals surface area contributed by atoms with Gasteiger partial charge in [-0.15, -0.1) is 0 Å². The van der Waals surface area contributed by atoms with Crippen LogP contribution >= 0.6 is 0 Å². The number of anilines is 5. The van der Waals surface area contributed by atoms with E-state index in [1.54, 1.807) is 13.0 Å². The van der Waals surface area contributed by atoms with Crippen LogP contribution in [-0.4, -0.2) is 50.4 Å². The lowest BCUT2D eigenvalue weighted by molar-refractivity contribution is 0.402. The highest BCUT2D eigenvalue weighted by Gasteiger charge is 2.25. The average molecular weight is 466 g/mol. The summed E-state index contributed by atoms with van der Waals surface area (Å²) in [5.41, 5.74) is 3.08. The van der Waals surface area contributed by atoms with Crippen molar-refractivity contribution in [3.63, 3.8) is 0 Å². The van der Waals surface area contributed by atoms with Crippen molar-refractivity contribution >= 4 is 29.1 Å². The van der Waals surface area contributed by atoms with Gasteiger partial charge in [-0.25, -0.2) is 14.4 Å². The maximum absolute atomic E-state index is 14.7. The van der Waals surface area contributed by atoms with Crippen LogP contribution in [0.25, 0.3) is 0 Å². The number of nitrogens with one attached hydrogen (secondary N) is 3. The largest absolute Gasteiger partial charge is 0.364 e. The van der Waals surface area contributed by atoms with E-state index >= 15 is 0 Å². The lowest BCUT2D eigenvalue weighted by Crippen LogP contribution is -2.49. The molecular weight excluding hydrogens is 433 g/mol. The fraction of sp³-hybridized carbons (Fsp3) is 0.500. The minimum atomic E-state index is -0.202. The van der Waals surface area contributed by atoms with Gasteiger partial charge < -0.3 is 20.9 Å². The third-order valence-corrected chi connectivity index (χ3v) is 6.78. The number of piperazine rings is 1. The summed E-state index contributed by atoms with van der Waals surface area (Å²) in [7, 11) is 1.91. The molecule has 3 N–H and O–H groups in total. The molecule has 1 saturated carbocycles. The van der Waals surface area contributed by atoms with Gasteiger partial charge in [0.25, 0.3) is 0 Å².